The lowest BCUT2D eigenvalue weighted by Crippen LogP contribution is -2.35. The molecule has 0 spiro atoms. The second kappa shape index (κ2) is 6.40. The molecule has 4 heteroatoms. The number of aliphatic carboxylic acids is 1. The Labute approximate surface area is 119 Å². The maximum absolute atomic E-state index is 11.1. The van der Waals surface area contributed by atoms with Gasteiger partial charge in [-0.15, -0.1) is 0 Å². The monoisotopic (exact) mass is 281 g/mol. The Kier molecular flexibility index (Phi) is 4.83. The Balaban J connectivity index is 2.14. The van der Waals surface area contributed by atoms with Crippen LogP contribution in [-0.4, -0.2) is 29.1 Å². The minimum Gasteiger partial charge on any atom is -0.480 e. The summed E-state index contributed by atoms with van der Waals surface area (Å²) in [6.07, 6.45) is 3.36. The molecule has 1 aromatic rings. The van der Waals surface area contributed by atoms with E-state index >= 15 is 0 Å². The molecule has 1 atom stereocenters. The van der Waals surface area contributed by atoms with Crippen LogP contribution in [0.4, 0.5) is 0 Å². The van der Waals surface area contributed by atoms with E-state index in [1.54, 1.807) is 0 Å². The van der Waals surface area contributed by atoms with E-state index in [2.05, 4.69) is 11.8 Å². The number of hydrogen-bond acceptors (Lipinski definition) is 2. The van der Waals surface area contributed by atoms with Crippen LogP contribution in [0.3, 0.4) is 0 Å². The van der Waals surface area contributed by atoms with E-state index in [9.17, 15) is 4.79 Å². The Morgan fingerprint density at radius 2 is 2.05 bits per heavy atom. The Morgan fingerprint density at radius 3 is 2.53 bits per heavy atom. The number of carboxylic acid groups (broad SMARTS) is 1. The van der Waals surface area contributed by atoms with Crippen molar-refractivity contribution in [1.82, 2.24) is 4.90 Å². The van der Waals surface area contributed by atoms with E-state index in [-0.39, 0.29) is 12.6 Å². The zero-order chi connectivity index (χ0) is 13.8. The molecule has 0 saturated heterocycles. The van der Waals surface area contributed by atoms with Crippen LogP contribution >= 0.6 is 11.6 Å². The quantitative estimate of drug-likeness (QED) is 0.830. The van der Waals surface area contributed by atoms with E-state index < -0.39 is 5.97 Å². The molecule has 104 valence electrons. The van der Waals surface area contributed by atoms with Gasteiger partial charge < -0.3 is 5.11 Å². The van der Waals surface area contributed by atoms with Crippen molar-refractivity contribution in [2.24, 2.45) is 5.92 Å². The maximum atomic E-state index is 11.1. The zero-order valence-electron chi connectivity index (χ0n) is 11.2. The highest BCUT2D eigenvalue weighted by atomic mass is 35.5. The number of benzene rings is 1. The van der Waals surface area contributed by atoms with Crippen LogP contribution < -0.4 is 0 Å². The first-order chi connectivity index (χ1) is 9.10. The predicted octanol–water partition coefficient (Wildman–Crippen LogP) is 3.59. The van der Waals surface area contributed by atoms with Crippen LogP contribution in [0.1, 0.15) is 37.8 Å². The highest BCUT2D eigenvalue weighted by Gasteiger charge is 2.29. The number of nitrogens with zero attached hydrogens (tertiary/aromatic N) is 1. The molecule has 0 radical (unpaired) electrons. The van der Waals surface area contributed by atoms with Crippen LogP contribution in [0.25, 0.3) is 0 Å². The van der Waals surface area contributed by atoms with Crippen molar-refractivity contribution in [3.8, 4) is 0 Å². The molecule has 1 aliphatic carbocycles. The van der Waals surface area contributed by atoms with Gasteiger partial charge >= 0.3 is 5.97 Å². The van der Waals surface area contributed by atoms with Gasteiger partial charge in [0, 0.05) is 17.6 Å². The molecule has 0 amide bonds. The second-order valence-corrected chi connectivity index (χ2v) is 5.68. The Hall–Kier alpha value is -1.06. The van der Waals surface area contributed by atoms with Crippen molar-refractivity contribution in [2.45, 2.75) is 32.2 Å². The van der Waals surface area contributed by atoms with Gasteiger partial charge in [-0.1, -0.05) is 30.7 Å². The van der Waals surface area contributed by atoms with Crippen molar-refractivity contribution in [3.05, 3.63) is 34.9 Å². The molecule has 0 aliphatic heterocycles. The van der Waals surface area contributed by atoms with E-state index in [0.29, 0.717) is 10.9 Å². The molecule has 0 aromatic heterocycles. The van der Waals surface area contributed by atoms with Gasteiger partial charge in [0.25, 0.3) is 0 Å². The number of carbonyl (C=O) groups is 1. The molecule has 19 heavy (non-hydrogen) atoms. The normalized spacial score (nSPS) is 16.6. The van der Waals surface area contributed by atoms with Gasteiger partial charge in [-0.05, 0) is 42.9 Å². The largest absolute Gasteiger partial charge is 0.480 e. The Morgan fingerprint density at radius 1 is 1.42 bits per heavy atom. The summed E-state index contributed by atoms with van der Waals surface area (Å²) in [7, 11) is 0. The van der Waals surface area contributed by atoms with Gasteiger partial charge in [0.1, 0.15) is 0 Å². The molecule has 2 rings (SSSR count). The molecule has 1 aromatic carbocycles. The van der Waals surface area contributed by atoms with Crippen molar-refractivity contribution in [3.63, 3.8) is 0 Å². The first-order valence-corrected chi connectivity index (χ1v) is 7.19. The van der Waals surface area contributed by atoms with Crippen molar-refractivity contribution < 1.29 is 9.90 Å². The molecule has 1 saturated carbocycles. The molecule has 0 heterocycles. The first kappa shape index (κ1) is 14.4. The third kappa shape index (κ3) is 4.22. The standard InChI is InChI=1S/C15H20ClNO2/c1-2-14(12-5-7-13(16)8-6-12)17(10-15(18)19)9-11-3-4-11/h5-8,11,14H,2-4,9-10H2,1H3,(H,18,19). The molecule has 1 N–H and O–H groups in total. The van der Waals surface area contributed by atoms with Gasteiger partial charge in [-0.2, -0.15) is 0 Å². The average molecular weight is 282 g/mol. The van der Waals surface area contributed by atoms with E-state index in [4.69, 9.17) is 16.7 Å². The molecule has 1 aliphatic rings. The molecule has 1 unspecified atom stereocenters. The van der Waals surface area contributed by atoms with Crippen LogP contribution in [0.2, 0.25) is 5.02 Å². The van der Waals surface area contributed by atoms with E-state index in [0.717, 1.165) is 18.5 Å². The lowest BCUT2D eigenvalue weighted by Gasteiger charge is -2.30. The maximum Gasteiger partial charge on any atom is 0.317 e. The molecule has 3 nitrogen and oxygen atoms in total. The third-order valence-electron chi connectivity index (χ3n) is 3.61. The van der Waals surface area contributed by atoms with Crippen molar-refractivity contribution >= 4 is 17.6 Å². The minimum atomic E-state index is -0.756. The summed E-state index contributed by atoms with van der Waals surface area (Å²) >= 11 is 5.91. The average Bonchev–Trinajstić information content (AvgIpc) is 3.15. The van der Waals surface area contributed by atoms with Crippen LogP contribution in [0.15, 0.2) is 24.3 Å². The van der Waals surface area contributed by atoms with Gasteiger partial charge in [0.05, 0.1) is 6.54 Å². The highest BCUT2D eigenvalue weighted by molar-refractivity contribution is 6.30. The lowest BCUT2D eigenvalue weighted by atomic mass is 10.0. The summed E-state index contributed by atoms with van der Waals surface area (Å²) in [6, 6.07) is 7.90. The van der Waals surface area contributed by atoms with Gasteiger partial charge in [-0.25, -0.2) is 0 Å². The SMILES string of the molecule is CCC(c1ccc(Cl)cc1)N(CC(=O)O)CC1CC1. The topological polar surface area (TPSA) is 40.5 Å². The zero-order valence-corrected chi connectivity index (χ0v) is 11.9. The minimum absolute atomic E-state index is 0.109. The first-order valence-electron chi connectivity index (χ1n) is 6.81. The van der Waals surface area contributed by atoms with Crippen LogP contribution in [-0.2, 0) is 4.79 Å². The number of halogens is 1. The van der Waals surface area contributed by atoms with Gasteiger partial charge in [0.2, 0.25) is 0 Å². The van der Waals surface area contributed by atoms with Crippen LogP contribution in [0.5, 0.6) is 0 Å². The highest BCUT2D eigenvalue weighted by Crippen LogP contribution is 2.34. The molecular weight excluding hydrogens is 262 g/mol. The summed E-state index contributed by atoms with van der Waals surface area (Å²) in [5, 5.41) is 9.80. The van der Waals surface area contributed by atoms with Gasteiger partial charge in [0.15, 0.2) is 0 Å². The van der Waals surface area contributed by atoms with E-state index in [1.807, 2.05) is 24.3 Å². The fourth-order valence-electron chi connectivity index (χ4n) is 2.50. The van der Waals surface area contributed by atoms with Gasteiger partial charge in [-0.3, -0.25) is 9.69 Å². The summed E-state index contributed by atoms with van der Waals surface area (Å²) in [5.41, 5.74) is 1.15. The van der Waals surface area contributed by atoms with Crippen molar-refractivity contribution in [1.29, 1.82) is 0 Å². The molecular formula is C15H20ClNO2. The third-order valence-corrected chi connectivity index (χ3v) is 3.86. The fourth-order valence-corrected chi connectivity index (χ4v) is 2.62. The number of carboxylic acids is 1. The number of hydrogen-bond donors (Lipinski definition) is 1. The van der Waals surface area contributed by atoms with E-state index in [1.165, 1.54) is 12.8 Å². The summed E-state index contributed by atoms with van der Waals surface area (Å²) < 4.78 is 0. The van der Waals surface area contributed by atoms with Crippen LogP contribution in [0, 0.1) is 5.92 Å². The smallest absolute Gasteiger partial charge is 0.317 e. The molecule has 1 fully saturated rings. The predicted molar refractivity (Wildman–Crippen MR) is 76.4 cm³/mol. The summed E-state index contributed by atoms with van der Waals surface area (Å²) in [5.74, 6) is -0.0752. The Bertz CT molecular complexity index is 428. The molecule has 0 bridgehead atoms. The van der Waals surface area contributed by atoms with Crippen molar-refractivity contribution in [2.75, 3.05) is 13.1 Å². The fraction of sp³-hybridized carbons (Fsp3) is 0.533. The summed E-state index contributed by atoms with van der Waals surface area (Å²) in [6.45, 7) is 3.09. The summed E-state index contributed by atoms with van der Waals surface area (Å²) in [4.78, 5) is 13.1. The number of rotatable bonds is 7. The lowest BCUT2D eigenvalue weighted by molar-refractivity contribution is -0.139. The second-order valence-electron chi connectivity index (χ2n) is 5.24.